The maximum atomic E-state index is 12.8. The van der Waals surface area contributed by atoms with Gasteiger partial charge < -0.3 is 14.2 Å². The van der Waals surface area contributed by atoms with E-state index in [4.69, 9.17) is 14.2 Å². The van der Waals surface area contributed by atoms with Crippen LogP contribution in [0, 0.1) is 11.8 Å². The maximum absolute atomic E-state index is 12.8. The second-order valence-electron chi connectivity index (χ2n) is 20.2. The first-order chi connectivity index (χ1) is 30.2. The third-order valence-electron chi connectivity index (χ3n) is 12.7. The number of unbranched alkanes of at least 4 members (excludes halogenated alkanes) is 35. The van der Waals surface area contributed by atoms with Crippen LogP contribution in [0.4, 0.5) is 0 Å². The summed E-state index contributed by atoms with van der Waals surface area (Å²) in [6.45, 7) is 11.4. The van der Waals surface area contributed by atoms with Crippen LogP contribution in [-0.2, 0) is 28.6 Å². The summed E-state index contributed by atoms with van der Waals surface area (Å²) in [6.07, 6.45) is 51.0. The molecule has 0 saturated heterocycles. The molecule has 0 fully saturated rings. The van der Waals surface area contributed by atoms with Crippen molar-refractivity contribution in [2.24, 2.45) is 11.8 Å². The van der Waals surface area contributed by atoms with E-state index < -0.39 is 6.10 Å². The molecule has 0 unspecified atom stereocenters. The second-order valence-corrected chi connectivity index (χ2v) is 20.2. The van der Waals surface area contributed by atoms with Crippen molar-refractivity contribution in [3.63, 3.8) is 0 Å². The zero-order valence-corrected chi connectivity index (χ0v) is 42.5. The third kappa shape index (κ3) is 49.4. The van der Waals surface area contributed by atoms with Gasteiger partial charge in [0, 0.05) is 19.3 Å². The zero-order chi connectivity index (χ0) is 45.4. The average molecular weight is 877 g/mol. The molecule has 0 aliphatic rings. The van der Waals surface area contributed by atoms with Gasteiger partial charge in [-0.3, -0.25) is 14.4 Å². The average Bonchev–Trinajstić information content (AvgIpc) is 3.24. The Hall–Kier alpha value is -1.59. The van der Waals surface area contributed by atoms with Crippen molar-refractivity contribution in [2.45, 2.75) is 317 Å². The summed E-state index contributed by atoms with van der Waals surface area (Å²) in [5.74, 6) is 0.778. The predicted octanol–water partition coefficient (Wildman–Crippen LogP) is 18.1. The van der Waals surface area contributed by atoms with E-state index in [2.05, 4.69) is 34.6 Å². The Kier molecular flexibility index (Phi) is 47.6. The highest BCUT2D eigenvalue weighted by Crippen LogP contribution is 2.18. The molecule has 0 saturated carbocycles. The van der Waals surface area contributed by atoms with Gasteiger partial charge >= 0.3 is 17.9 Å². The molecule has 6 nitrogen and oxygen atoms in total. The van der Waals surface area contributed by atoms with Crippen molar-refractivity contribution in [1.82, 2.24) is 0 Å². The number of ether oxygens (including phenoxy) is 3. The predicted molar refractivity (Wildman–Crippen MR) is 266 cm³/mol. The SMILES string of the molecule is CCCCCCCCCCCCCCCCCCCCCC(=O)OC[C@H](COC(=O)CCCCCCCCCCCCC(C)C)OC(=O)CCCCCCCCCCCC(C)C. The summed E-state index contributed by atoms with van der Waals surface area (Å²) in [5.41, 5.74) is 0. The van der Waals surface area contributed by atoms with Gasteiger partial charge in [0.2, 0.25) is 0 Å². The summed E-state index contributed by atoms with van der Waals surface area (Å²) in [4.78, 5) is 38.0. The molecule has 0 aromatic carbocycles. The van der Waals surface area contributed by atoms with Gasteiger partial charge in [0.1, 0.15) is 13.2 Å². The minimum Gasteiger partial charge on any atom is -0.462 e. The van der Waals surface area contributed by atoms with Crippen LogP contribution >= 0.6 is 0 Å². The van der Waals surface area contributed by atoms with Gasteiger partial charge in [0.15, 0.2) is 6.10 Å². The fourth-order valence-corrected chi connectivity index (χ4v) is 8.52. The number of hydrogen-bond donors (Lipinski definition) is 0. The van der Waals surface area contributed by atoms with Crippen molar-refractivity contribution >= 4 is 17.9 Å². The minimum atomic E-state index is -0.762. The fourth-order valence-electron chi connectivity index (χ4n) is 8.52. The largest absolute Gasteiger partial charge is 0.462 e. The van der Waals surface area contributed by atoms with E-state index in [1.54, 1.807) is 0 Å². The highest BCUT2D eigenvalue weighted by Gasteiger charge is 2.19. The Balaban J connectivity index is 4.25. The van der Waals surface area contributed by atoms with Gasteiger partial charge in [-0.25, -0.2) is 0 Å². The van der Waals surface area contributed by atoms with Gasteiger partial charge in [0.25, 0.3) is 0 Å². The summed E-state index contributed by atoms with van der Waals surface area (Å²) in [7, 11) is 0. The van der Waals surface area contributed by atoms with Crippen molar-refractivity contribution in [3.05, 3.63) is 0 Å². The van der Waals surface area contributed by atoms with Crippen LogP contribution in [0.1, 0.15) is 311 Å². The molecule has 0 spiro atoms. The summed E-state index contributed by atoms with van der Waals surface area (Å²) < 4.78 is 16.8. The van der Waals surface area contributed by atoms with Gasteiger partial charge in [-0.2, -0.15) is 0 Å². The lowest BCUT2D eigenvalue weighted by Gasteiger charge is -2.18. The van der Waals surface area contributed by atoms with E-state index in [9.17, 15) is 14.4 Å². The van der Waals surface area contributed by atoms with Crippen LogP contribution in [0.15, 0.2) is 0 Å². The van der Waals surface area contributed by atoms with Crippen molar-refractivity contribution in [3.8, 4) is 0 Å². The van der Waals surface area contributed by atoms with Gasteiger partial charge in [0.05, 0.1) is 0 Å². The van der Waals surface area contributed by atoms with Gasteiger partial charge in [-0.1, -0.05) is 272 Å². The van der Waals surface area contributed by atoms with Crippen LogP contribution in [0.2, 0.25) is 0 Å². The second kappa shape index (κ2) is 48.9. The number of esters is 3. The first-order valence-corrected chi connectivity index (χ1v) is 27.7. The molecule has 6 heteroatoms. The Bertz CT molecular complexity index is 947. The lowest BCUT2D eigenvalue weighted by molar-refractivity contribution is -0.167. The number of carbonyl (C=O) groups excluding carboxylic acids is 3. The number of carbonyl (C=O) groups is 3. The lowest BCUT2D eigenvalue weighted by atomic mass is 10.0. The molecule has 62 heavy (non-hydrogen) atoms. The summed E-state index contributed by atoms with van der Waals surface area (Å²) in [5, 5.41) is 0. The molecule has 0 aromatic heterocycles. The Morgan fingerprint density at radius 3 is 0.790 bits per heavy atom. The lowest BCUT2D eigenvalue weighted by Crippen LogP contribution is -2.30. The molecule has 0 bridgehead atoms. The van der Waals surface area contributed by atoms with E-state index in [1.807, 2.05) is 0 Å². The highest BCUT2D eigenvalue weighted by atomic mass is 16.6. The standard InChI is InChI=1S/C56H108O6/c1-6-7-8-9-10-11-12-13-14-15-16-17-18-19-20-26-31-36-41-46-54(57)60-49-53(62-56(59)48-43-38-33-28-23-25-30-35-40-45-52(4)5)50-61-55(58)47-42-37-32-27-22-21-24-29-34-39-44-51(2)3/h51-53H,6-50H2,1-5H3/t53-/m1/s1. The molecular weight excluding hydrogens is 769 g/mol. The molecule has 0 aliphatic carbocycles. The molecule has 0 N–H and O–H groups in total. The van der Waals surface area contributed by atoms with E-state index in [-0.39, 0.29) is 31.1 Å². The first-order valence-electron chi connectivity index (χ1n) is 27.7. The molecular formula is C56H108O6. The molecule has 368 valence electrons. The van der Waals surface area contributed by atoms with Crippen LogP contribution in [-0.4, -0.2) is 37.2 Å². The molecule has 1 atom stereocenters. The maximum Gasteiger partial charge on any atom is 0.306 e. The number of hydrogen-bond acceptors (Lipinski definition) is 6. The van der Waals surface area contributed by atoms with Crippen molar-refractivity contribution in [1.29, 1.82) is 0 Å². The van der Waals surface area contributed by atoms with Gasteiger partial charge in [-0.15, -0.1) is 0 Å². The van der Waals surface area contributed by atoms with Gasteiger partial charge in [-0.05, 0) is 31.1 Å². The quantitative estimate of drug-likeness (QED) is 0.0344. The third-order valence-corrected chi connectivity index (χ3v) is 12.7. The van der Waals surface area contributed by atoms with Crippen molar-refractivity contribution < 1.29 is 28.6 Å². The Morgan fingerprint density at radius 2 is 0.532 bits per heavy atom. The Morgan fingerprint density at radius 1 is 0.306 bits per heavy atom. The molecule has 0 amide bonds. The Labute approximate surface area is 387 Å². The van der Waals surface area contributed by atoms with Crippen molar-refractivity contribution in [2.75, 3.05) is 13.2 Å². The topological polar surface area (TPSA) is 78.9 Å². The van der Waals surface area contributed by atoms with Crippen LogP contribution < -0.4 is 0 Å². The number of rotatable bonds is 50. The zero-order valence-electron chi connectivity index (χ0n) is 42.5. The molecule has 0 aliphatic heterocycles. The fraction of sp³-hybridized carbons (Fsp3) is 0.946. The van der Waals surface area contributed by atoms with Crippen LogP contribution in [0.5, 0.6) is 0 Å². The molecule has 0 radical (unpaired) electrons. The van der Waals surface area contributed by atoms with E-state index in [1.165, 1.54) is 199 Å². The molecule has 0 heterocycles. The molecule has 0 aromatic rings. The molecule has 0 rings (SSSR count). The summed E-state index contributed by atoms with van der Waals surface area (Å²) >= 11 is 0. The highest BCUT2D eigenvalue weighted by molar-refractivity contribution is 5.71. The van der Waals surface area contributed by atoms with E-state index in [0.717, 1.165) is 69.6 Å². The first kappa shape index (κ1) is 60.4. The normalized spacial score (nSPS) is 12.0. The van der Waals surface area contributed by atoms with Crippen LogP contribution in [0.25, 0.3) is 0 Å². The van der Waals surface area contributed by atoms with E-state index in [0.29, 0.717) is 19.3 Å². The smallest absolute Gasteiger partial charge is 0.306 e. The minimum absolute atomic E-state index is 0.0636. The van der Waals surface area contributed by atoms with Crippen LogP contribution in [0.3, 0.4) is 0 Å². The summed E-state index contributed by atoms with van der Waals surface area (Å²) in [6, 6.07) is 0. The van der Waals surface area contributed by atoms with E-state index >= 15 is 0 Å². The monoisotopic (exact) mass is 877 g/mol.